The lowest BCUT2D eigenvalue weighted by Gasteiger charge is -2.58. The number of rotatable bonds is 5. The van der Waals surface area contributed by atoms with E-state index in [2.05, 4.69) is 39.9 Å². The van der Waals surface area contributed by atoms with Crippen molar-refractivity contribution in [1.29, 1.82) is 0 Å². The molecule has 0 aromatic carbocycles. The van der Waals surface area contributed by atoms with E-state index in [1.807, 2.05) is 0 Å². The van der Waals surface area contributed by atoms with Crippen molar-refractivity contribution >= 4 is 11.7 Å². The summed E-state index contributed by atoms with van der Waals surface area (Å²) in [5.74, 6) is 4.77. The van der Waals surface area contributed by atoms with Crippen molar-refractivity contribution in [2.45, 2.75) is 98.8 Å². The van der Waals surface area contributed by atoms with Crippen LogP contribution in [-0.2, 0) is 9.59 Å². The molecule has 4 aliphatic rings. The van der Waals surface area contributed by atoms with Crippen LogP contribution in [0, 0.1) is 52.3 Å². The summed E-state index contributed by atoms with van der Waals surface area (Å²) in [7, 11) is 0. The van der Waals surface area contributed by atoms with Gasteiger partial charge in [-0.15, -0.1) is 0 Å². The smallest absolute Gasteiger partial charge is 0.220 e. The zero-order valence-electron chi connectivity index (χ0n) is 20.1. The summed E-state index contributed by atoms with van der Waals surface area (Å²) in [6.45, 7) is 12.9. The lowest BCUT2D eigenvalue weighted by Crippen LogP contribution is -2.55. The molecule has 0 unspecified atom stereocenters. The van der Waals surface area contributed by atoms with Crippen LogP contribution in [-0.4, -0.2) is 18.2 Å². The van der Waals surface area contributed by atoms with Gasteiger partial charge in [-0.2, -0.15) is 0 Å². The van der Waals surface area contributed by atoms with E-state index in [0.29, 0.717) is 35.4 Å². The van der Waals surface area contributed by atoms with Gasteiger partial charge in [-0.05, 0) is 78.4 Å². The van der Waals surface area contributed by atoms with E-state index in [0.717, 1.165) is 37.1 Å². The Labute approximate surface area is 184 Å². The molecule has 4 rings (SSSR count). The van der Waals surface area contributed by atoms with Crippen molar-refractivity contribution in [3.05, 3.63) is 0 Å². The first-order chi connectivity index (χ1) is 14.2. The predicted octanol–water partition coefficient (Wildman–Crippen LogP) is 6.01. The molecular weight excluding hydrogens is 370 g/mol. The van der Waals surface area contributed by atoms with Crippen LogP contribution in [0.15, 0.2) is 0 Å². The maximum Gasteiger partial charge on any atom is 0.220 e. The lowest BCUT2D eigenvalue weighted by molar-refractivity contribution is -0.151. The number of ketones is 1. The normalized spacial score (nSPS) is 44.7. The number of nitrogens with one attached hydrogen (secondary N) is 1. The van der Waals surface area contributed by atoms with Gasteiger partial charge in [0.25, 0.3) is 0 Å². The van der Waals surface area contributed by atoms with Crippen LogP contribution in [0.4, 0.5) is 0 Å². The molecule has 4 fully saturated rings. The number of carbonyl (C=O) groups is 2. The molecule has 0 aromatic heterocycles. The van der Waals surface area contributed by atoms with Gasteiger partial charge in [0.05, 0.1) is 0 Å². The van der Waals surface area contributed by atoms with Crippen LogP contribution in [0.5, 0.6) is 0 Å². The van der Waals surface area contributed by atoms with Gasteiger partial charge in [-0.1, -0.05) is 53.9 Å². The van der Waals surface area contributed by atoms with E-state index in [-0.39, 0.29) is 17.2 Å². The van der Waals surface area contributed by atoms with Crippen LogP contribution in [0.1, 0.15) is 98.8 Å². The van der Waals surface area contributed by atoms with E-state index in [4.69, 9.17) is 0 Å². The fourth-order valence-corrected chi connectivity index (χ4v) is 8.85. The highest BCUT2D eigenvalue weighted by molar-refractivity contribution is 5.89. The molecule has 1 saturated heterocycles. The van der Waals surface area contributed by atoms with Gasteiger partial charge in [0.15, 0.2) is 0 Å². The number of hydrogen-bond donors (Lipinski definition) is 1. The number of Topliss-reactive ketones (excluding diaryl/α,β-unsaturated/α-hetero) is 1. The maximum atomic E-state index is 13.3. The van der Waals surface area contributed by atoms with Gasteiger partial charge >= 0.3 is 0 Å². The molecule has 0 radical (unpaired) electrons. The molecule has 0 bridgehead atoms. The second kappa shape index (κ2) is 8.24. The molecule has 3 saturated carbocycles. The Kier molecular flexibility index (Phi) is 6.14. The fourth-order valence-electron chi connectivity index (χ4n) is 8.85. The number of fused-ring (bicyclic) bond motifs is 5. The summed E-state index contributed by atoms with van der Waals surface area (Å²) in [6, 6.07) is 0. The van der Waals surface area contributed by atoms with Gasteiger partial charge in [-0.25, -0.2) is 0 Å². The van der Waals surface area contributed by atoms with Crippen molar-refractivity contribution in [2.75, 3.05) is 6.54 Å². The monoisotopic (exact) mass is 415 g/mol. The Bertz CT molecular complexity index is 672. The van der Waals surface area contributed by atoms with E-state index in [1.54, 1.807) is 0 Å². The molecule has 170 valence electrons. The summed E-state index contributed by atoms with van der Waals surface area (Å²) >= 11 is 0. The third-order valence-electron chi connectivity index (χ3n) is 10.5. The molecule has 0 aromatic rings. The zero-order valence-corrected chi connectivity index (χ0v) is 20.1. The predicted molar refractivity (Wildman–Crippen MR) is 122 cm³/mol. The Morgan fingerprint density at radius 2 is 1.67 bits per heavy atom. The van der Waals surface area contributed by atoms with Crippen molar-refractivity contribution in [3.8, 4) is 0 Å². The average molecular weight is 416 g/mol. The van der Waals surface area contributed by atoms with Crippen molar-refractivity contribution in [1.82, 2.24) is 5.32 Å². The molecule has 30 heavy (non-hydrogen) atoms. The minimum atomic E-state index is -0.0437. The number of hydrogen-bond acceptors (Lipinski definition) is 2. The minimum absolute atomic E-state index is 0.0153. The topological polar surface area (TPSA) is 46.2 Å². The summed E-state index contributed by atoms with van der Waals surface area (Å²) in [6.07, 6.45) is 11.5. The van der Waals surface area contributed by atoms with Crippen LogP contribution < -0.4 is 5.32 Å². The standard InChI is InChI=1S/C27H45NO2/c1-17(2)7-6-8-18(3)20-9-10-21-19-15-24(29)23-16-25(30)28-14-13-27(23,5)22(19)11-12-26(20,21)4/h17-23H,6-16H2,1-5H3,(H,28,30)/t18-,19+,20-,21+,22+,23-,26-,27-/m1/s1. The Hall–Kier alpha value is -0.860. The summed E-state index contributed by atoms with van der Waals surface area (Å²) in [5.41, 5.74) is 0.433. The third-order valence-corrected chi connectivity index (χ3v) is 10.5. The maximum absolute atomic E-state index is 13.3. The first-order valence-corrected chi connectivity index (χ1v) is 13.0. The highest BCUT2D eigenvalue weighted by Crippen LogP contribution is 2.67. The highest BCUT2D eigenvalue weighted by Gasteiger charge is 2.62. The SMILES string of the molecule is CC(C)CCC[C@@H](C)[C@H]1CC[C@H]2[C@@H]3CC(=O)[C@H]4CC(=O)NCC[C@]4(C)[C@H]3CC[C@]12C. The van der Waals surface area contributed by atoms with Crippen LogP contribution in [0.2, 0.25) is 0 Å². The molecule has 3 aliphatic carbocycles. The van der Waals surface area contributed by atoms with Crippen LogP contribution in [0.3, 0.4) is 0 Å². The quantitative estimate of drug-likeness (QED) is 0.597. The van der Waals surface area contributed by atoms with Gasteiger partial charge in [0.2, 0.25) is 5.91 Å². The Morgan fingerprint density at radius 3 is 2.40 bits per heavy atom. The second-order valence-corrected chi connectivity index (χ2v) is 12.4. The summed E-state index contributed by atoms with van der Waals surface area (Å²) in [4.78, 5) is 25.5. The van der Waals surface area contributed by atoms with Gasteiger partial charge in [0.1, 0.15) is 5.78 Å². The van der Waals surface area contributed by atoms with Gasteiger partial charge < -0.3 is 5.32 Å². The molecule has 1 heterocycles. The molecular formula is C27H45NO2. The van der Waals surface area contributed by atoms with Crippen LogP contribution >= 0.6 is 0 Å². The van der Waals surface area contributed by atoms with E-state index >= 15 is 0 Å². The number of carbonyl (C=O) groups excluding carboxylic acids is 2. The van der Waals surface area contributed by atoms with E-state index < -0.39 is 0 Å². The van der Waals surface area contributed by atoms with E-state index in [9.17, 15) is 9.59 Å². The number of amides is 1. The summed E-state index contributed by atoms with van der Waals surface area (Å²) in [5, 5.41) is 3.05. The molecule has 8 atom stereocenters. The second-order valence-electron chi connectivity index (χ2n) is 12.4. The van der Waals surface area contributed by atoms with Gasteiger partial charge in [0, 0.05) is 25.3 Å². The highest BCUT2D eigenvalue weighted by atomic mass is 16.2. The molecule has 3 heteroatoms. The molecule has 1 amide bonds. The van der Waals surface area contributed by atoms with Crippen molar-refractivity contribution < 1.29 is 9.59 Å². The average Bonchev–Trinajstić information content (AvgIpc) is 2.93. The third kappa shape index (κ3) is 3.66. The van der Waals surface area contributed by atoms with Crippen LogP contribution in [0.25, 0.3) is 0 Å². The molecule has 0 spiro atoms. The first-order valence-electron chi connectivity index (χ1n) is 13.0. The minimum Gasteiger partial charge on any atom is -0.356 e. The van der Waals surface area contributed by atoms with Crippen molar-refractivity contribution in [2.24, 2.45) is 52.3 Å². The summed E-state index contributed by atoms with van der Waals surface area (Å²) < 4.78 is 0. The lowest BCUT2D eigenvalue weighted by atomic mass is 9.45. The Morgan fingerprint density at radius 1 is 0.933 bits per heavy atom. The molecule has 3 nitrogen and oxygen atoms in total. The van der Waals surface area contributed by atoms with E-state index in [1.165, 1.54) is 44.9 Å². The molecule has 1 aliphatic heterocycles. The first kappa shape index (κ1) is 22.3. The van der Waals surface area contributed by atoms with Gasteiger partial charge in [-0.3, -0.25) is 9.59 Å². The zero-order chi connectivity index (χ0) is 21.7. The fraction of sp³-hybridized carbons (Fsp3) is 0.926. The molecule has 1 N–H and O–H groups in total. The van der Waals surface area contributed by atoms with Crippen molar-refractivity contribution in [3.63, 3.8) is 0 Å². The largest absolute Gasteiger partial charge is 0.356 e. The Balaban J connectivity index is 1.52.